The van der Waals surface area contributed by atoms with Crippen LogP contribution >= 0.6 is 24.0 Å². The molecule has 2 rings (SSSR count). The van der Waals surface area contributed by atoms with Crippen LogP contribution < -0.4 is 5.32 Å². The highest BCUT2D eigenvalue weighted by atomic mass is 127. The normalized spacial score (nSPS) is 18.6. The van der Waals surface area contributed by atoms with Crippen molar-refractivity contribution in [1.29, 1.82) is 0 Å². The average Bonchev–Trinajstić information content (AvgIpc) is 2.86. The second kappa shape index (κ2) is 6.12. The van der Waals surface area contributed by atoms with E-state index >= 15 is 0 Å². The van der Waals surface area contributed by atoms with Gasteiger partial charge in [0.2, 0.25) is 0 Å². The second-order valence-electron chi connectivity index (χ2n) is 3.90. The maximum atomic E-state index is 5.03. The quantitative estimate of drug-likeness (QED) is 0.860. The number of hydrogen-bond acceptors (Lipinski definition) is 4. The highest BCUT2D eigenvalue weighted by Gasteiger charge is 2.18. The van der Waals surface area contributed by atoms with Crippen LogP contribution in [0.4, 0.5) is 0 Å². The maximum absolute atomic E-state index is 5.03. The van der Waals surface area contributed by atoms with Crippen molar-refractivity contribution < 1.29 is 4.42 Å². The Labute approximate surface area is 113 Å². The molecule has 4 nitrogen and oxygen atoms in total. The van der Waals surface area contributed by atoms with E-state index in [2.05, 4.69) is 22.1 Å². The van der Waals surface area contributed by atoms with E-state index in [1.807, 2.05) is 13.1 Å². The van der Waals surface area contributed by atoms with Crippen LogP contribution in [0.5, 0.6) is 0 Å². The number of furan rings is 1. The van der Waals surface area contributed by atoms with Gasteiger partial charge in [0.05, 0.1) is 19.1 Å². The van der Waals surface area contributed by atoms with E-state index in [0.717, 1.165) is 25.5 Å². The molecule has 1 atom stereocenters. The molecule has 2 heterocycles. The summed E-state index contributed by atoms with van der Waals surface area (Å²) in [6, 6.07) is 2.48. The molecule has 0 amide bonds. The van der Waals surface area contributed by atoms with E-state index in [1.165, 1.54) is 5.56 Å². The molecule has 0 saturated heterocycles. The standard InChI is InChI=1S/C11H17N3O.HI/c1-3-10-6-12-11(13-10)14(2)7-9-4-5-15-8-9;/h4-5,8,10H,3,6-7H2,1-2H3,(H,12,13);1H. The lowest BCUT2D eigenvalue weighted by Crippen LogP contribution is -2.39. The minimum atomic E-state index is 0. The average molecular weight is 335 g/mol. The van der Waals surface area contributed by atoms with Crippen LogP contribution in [0, 0.1) is 0 Å². The van der Waals surface area contributed by atoms with Crippen LogP contribution in [0.1, 0.15) is 18.9 Å². The van der Waals surface area contributed by atoms with Crippen molar-refractivity contribution in [3.63, 3.8) is 0 Å². The molecule has 0 aromatic carbocycles. The van der Waals surface area contributed by atoms with Gasteiger partial charge in [-0.3, -0.25) is 4.99 Å². The van der Waals surface area contributed by atoms with Gasteiger partial charge in [0.1, 0.15) is 0 Å². The fourth-order valence-corrected chi connectivity index (χ4v) is 1.66. The van der Waals surface area contributed by atoms with Crippen LogP contribution in [0.2, 0.25) is 0 Å². The van der Waals surface area contributed by atoms with Gasteiger partial charge < -0.3 is 14.6 Å². The third kappa shape index (κ3) is 3.13. The first-order valence-corrected chi connectivity index (χ1v) is 5.32. The van der Waals surface area contributed by atoms with E-state index in [0.29, 0.717) is 6.04 Å². The van der Waals surface area contributed by atoms with E-state index in [-0.39, 0.29) is 24.0 Å². The van der Waals surface area contributed by atoms with Gasteiger partial charge in [-0.2, -0.15) is 0 Å². The summed E-state index contributed by atoms with van der Waals surface area (Å²) in [4.78, 5) is 6.58. The van der Waals surface area contributed by atoms with Crippen molar-refractivity contribution in [2.24, 2.45) is 4.99 Å². The molecule has 0 radical (unpaired) electrons. The molecule has 5 heteroatoms. The number of rotatable bonds is 3. The van der Waals surface area contributed by atoms with Crippen molar-refractivity contribution in [2.45, 2.75) is 25.9 Å². The molecule has 1 aliphatic rings. The zero-order valence-electron chi connectivity index (χ0n) is 9.64. The van der Waals surface area contributed by atoms with Gasteiger partial charge in [0, 0.05) is 25.2 Å². The molecule has 0 aliphatic carbocycles. The summed E-state index contributed by atoms with van der Waals surface area (Å²) in [5, 5.41) is 3.40. The molecule has 0 saturated carbocycles. The van der Waals surface area contributed by atoms with Gasteiger partial charge in [0.25, 0.3) is 0 Å². The number of hydrogen-bond donors (Lipinski definition) is 1. The van der Waals surface area contributed by atoms with Gasteiger partial charge in [-0.1, -0.05) is 6.92 Å². The lowest BCUT2D eigenvalue weighted by molar-refractivity contribution is 0.471. The molecule has 0 fully saturated rings. The molecule has 1 N–H and O–H groups in total. The molecule has 1 unspecified atom stereocenters. The van der Waals surface area contributed by atoms with Crippen LogP contribution in [-0.4, -0.2) is 30.5 Å². The minimum absolute atomic E-state index is 0. The first-order chi connectivity index (χ1) is 7.29. The van der Waals surface area contributed by atoms with Crippen molar-refractivity contribution in [1.82, 2.24) is 10.2 Å². The van der Waals surface area contributed by atoms with Crippen molar-refractivity contribution >= 4 is 29.9 Å². The van der Waals surface area contributed by atoms with Gasteiger partial charge in [-0.05, 0) is 12.5 Å². The van der Waals surface area contributed by atoms with E-state index in [9.17, 15) is 0 Å². The van der Waals surface area contributed by atoms with Gasteiger partial charge in [-0.25, -0.2) is 0 Å². The predicted octanol–water partition coefficient (Wildman–Crippen LogP) is 2.07. The zero-order valence-corrected chi connectivity index (χ0v) is 12.0. The van der Waals surface area contributed by atoms with Crippen molar-refractivity contribution in [3.05, 3.63) is 24.2 Å². The maximum Gasteiger partial charge on any atom is 0.194 e. The summed E-state index contributed by atoms with van der Waals surface area (Å²) < 4.78 is 5.03. The second-order valence-corrected chi connectivity index (χ2v) is 3.90. The lowest BCUT2D eigenvalue weighted by Gasteiger charge is -2.19. The molecule has 90 valence electrons. The summed E-state index contributed by atoms with van der Waals surface area (Å²) in [6.07, 6.45) is 4.58. The summed E-state index contributed by atoms with van der Waals surface area (Å²) in [5.41, 5.74) is 1.17. The summed E-state index contributed by atoms with van der Waals surface area (Å²) in [6.45, 7) is 3.90. The molecular weight excluding hydrogens is 317 g/mol. The Hall–Kier alpha value is -0.720. The Kier molecular flexibility index (Phi) is 5.11. The lowest BCUT2D eigenvalue weighted by atomic mass is 10.2. The van der Waals surface area contributed by atoms with Crippen LogP contribution in [-0.2, 0) is 6.54 Å². The number of aliphatic imine (C=N–C) groups is 1. The van der Waals surface area contributed by atoms with Crippen LogP contribution in [0.3, 0.4) is 0 Å². The number of halogens is 1. The fourth-order valence-electron chi connectivity index (χ4n) is 1.66. The monoisotopic (exact) mass is 335 g/mol. The van der Waals surface area contributed by atoms with Gasteiger partial charge in [0.15, 0.2) is 5.96 Å². The molecular formula is C11H18IN3O. The zero-order chi connectivity index (χ0) is 10.7. The molecule has 0 spiro atoms. The minimum Gasteiger partial charge on any atom is -0.472 e. The molecule has 1 aliphatic heterocycles. The first kappa shape index (κ1) is 13.3. The first-order valence-electron chi connectivity index (χ1n) is 5.32. The van der Waals surface area contributed by atoms with Gasteiger partial charge in [-0.15, -0.1) is 24.0 Å². The molecule has 1 aromatic rings. The Morgan fingerprint density at radius 1 is 1.62 bits per heavy atom. The Morgan fingerprint density at radius 2 is 2.44 bits per heavy atom. The summed E-state index contributed by atoms with van der Waals surface area (Å²) >= 11 is 0. The van der Waals surface area contributed by atoms with Crippen LogP contribution in [0.15, 0.2) is 28.0 Å². The van der Waals surface area contributed by atoms with Crippen molar-refractivity contribution in [2.75, 3.05) is 13.6 Å². The Bertz CT molecular complexity index is 337. The number of guanidine groups is 1. The topological polar surface area (TPSA) is 40.8 Å². The Morgan fingerprint density at radius 3 is 3.00 bits per heavy atom. The third-order valence-electron chi connectivity index (χ3n) is 2.65. The highest BCUT2D eigenvalue weighted by molar-refractivity contribution is 14.0. The predicted molar refractivity (Wildman–Crippen MR) is 75.1 cm³/mol. The number of nitrogens with zero attached hydrogens (tertiary/aromatic N) is 2. The summed E-state index contributed by atoms with van der Waals surface area (Å²) in [7, 11) is 2.04. The van der Waals surface area contributed by atoms with Crippen molar-refractivity contribution in [3.8, 4) is 0 Å². The Balaban J connectivity index is 0.00000128. The molecule has 0 bridgehead atoms. The van der Waals surface area contributed by atoms with E-state index in [4.69, 9.17) is 4.42 Å². The smallest absolute Gasteiger partial charge is 0.194 e. The SMILES string of the molecule is CCC1CN=C(N(C)Cc2ccoc2)N1.I. The molecule has 1 aromatic heterocycles. The summed E-state index contributed by atoms with van der Waals surface area (Å²) in [5.74, 6) is 0.989. The number of nitrogens with one attached hydrogen (secondary N) is 1. The van der Waals surface area contributed by atoms with Crippen LogP contribution in [0.25, 0.3) is 0 Å². The van der Waals surface area contributed by atoms with E-state index < -0.39 is 0 Å². The fraction of sp³-hybridized carbons (Fsp3) is 0.545. The molecule has 16 heavy (non-hydrogen) atoms. The highest BCUT2D eigenvalue weighted by Crippen LogP contribution is 2.07. The van der Waals surface area contributed by atoms with E-state index in [1.54, 1.807) is 12.5 Å². The van der Waals surface area contributed by atoms with Gasteiger partial charge >= 0.3 is 0 Å². The third-order valence-corrected chi connectivity index (χ3v) is 2.65. The largest absolute Gasteiger partial charge is 0.472 e.